The lowest BCUT2D eigenvalue weighted by Gasteiger charge is -2.39. The SMILES string of the molecule is Fc1ccc(-c2cccc(C3(c4cccc(-c5ccc(F)nc5F)n4)c4ccccc4Oc4ccccc43)n2)c(F)n1. The van der Waals surface area contributed by atoms with Gasteiger partial charge in [0.1, 0.15) is 16.9 Å². The van der Waals surface area contributed by atoms with Crippen molar-refractivity contribution in [1.82, 2.24) is 19.9 Å². The van der Waals surface area contributed by atoms with E-state index in [-0.39, 0.29) is 22.5 Å². The van der Waals surface area contributed by atoms with Gasteiger partial charge >= 0.3 is 0 Å². The maximum atomic E-state index is 14.8. The summed E-state index contributed by atoms with van der Waals surface area (Å²) in [6.45, 7) is 0. The van der Waals surface area contributed by atoms with E-state index in [0.717, 1.165) is 12.1 Å². The number of pyridine rings is 4. The monoisotopic (exact) mass is 562 g/mol. The third-order valence-electron chi connectivity index (χ3n) is 7.25. The minimum Gasteiger partial charge on any atom is -0.457 e. The summed E-state index contributed by atoms with van der Waals surface area (Å²) >= 11 is 0. The van der Waals surface area contributed by atoms with Gasteiger partial charge in [0.2, 0.25) is 23.8 Å². The molecule has 0 radical (unpaired) electrons. The van der Waals surface area contributed by atoms with Crippen LogP contribution < -0.4 is 4.74 Å². The van der Waals surface area contributed by atoms with Crippen molar-refractivity contribution >= 4 is 0 Å². The minimum absolute atomic E-state index is 0.0168. The molecule has 204 valence electrons. The molecule has 42 heavy (non-hydrogen) atoms. The van der Waals surface area contributed by atoms with Crippen LogP contribution in [-0.4, -0.2) is 19.9 Å². The molecular formula is C33H18F4N4O. The zero-order valence-electron chi connectivity index (χ0n) is 21.6. The van der Waals surface area contributed by atoms with Gasteiger partial charge in [-0.05, 0) is 60.7 Å². The summed E-state index contributed by atoms with van der Waals surface area (Å²) in [6.07, 6.45) is 0. The van der Waals surface area contributed by atoms with E-state index in [0.29, 0.717) is 34.0 Å². The molecule has 4 aromatic heterocycles. The van der Waals surface area contributed by atoms with Gasteiger partial charge in [-0.1, -0.05) is 48.5 Å². The van der Waals surface area contributed by atoms with Gasteiger partial charge in [-0.15, -0.1) is 0 Å². The largest absolute Gasteiger partial charge is 0.457 e. The Labute approximate surface area is 237 Å². The smallest absolute Gasteiger partial charge is 0.224 e. The Morgan fingerprint density at radius 2 is 0.905 bits per heavy atom. The second-order valence-electron chi connectivity index (χ2n) is 9.61. The van der Waals surface area contributed by atoms with Crippen LogP contribution in [-0.2, 0) is 5.41 Å². The highest BCUT2D eigenvalue weighted by atomic mass is 19.1. The summed E-state index contributed by atoms with van der Waals surface area (Å²) in [4.78, 5) is 16.5. The molecule has 5 heterocycles. The molecular weight excluding hydrogens is 544 g/mol. The number of ether oxygens (including phenoxy) is 1. The number of benzene rings is 2. The quantitative estimate of drug-likeness (QED) is 0.163. The number of hydrogen-bond donors (Lipinski definition) is 0. The number of nitrogens with zero attached hydrogens (tertiary/aromatic N) is 4. The molecule has 9 heteroatoms. The van der Waals surface area contributed by atoms with Crippen LogP contribution in [0.4, 0.5) is 17.6 Å². The highest BCUT2D eigenvalue weighted by Crippen LogP contribution is 2.54. The highest BCUT2D eigenvalue weighted by molar-refractivity contribution is 5.70. The molecule has 0 saturated carbocycles. The van der Waals surface area contributed by atoms with E-state index in [4.69, 9.17) is 14.7 Å². The van der Waals surface area contributed by atoms with Crippen LogP contribution in [0, 0.1) is 23.8 Å². The Bertz CT molecular complexity index is 1860. The number of hydrogen-bond acceptors (Lipinski definition) is 5. The molecule has 0 amide bonds. The van der Waals surface area contributed by atoms with E-state index in [9.17, 15) is 17.6 Å². The van der Waals surface area contributed by atoms with Crippen LogP contribution >= 0.6 is 0 Å². The summed E-state index contributed by atoms with van der Waals surface area (Å²) in [5, 5.41) is 0. The molecule has 1 aliphatic rings. The fraction of sp³-hybridized carbons (Fsp3) is 0.0303. The molecule has 0 aliphatic carbocycles. The maximum Gasteiger partial charge on any atom is 0.224 e. The van der Waals surface area contributed by atoms with Gasteiger partial charge in [-0.25, -0.2) is 0 Å². The summed E-state index contributed by atoms with van der Waals surface area (Å²) in [5.41, 5.74) is 1.54. The predicted molar refractivity (Wildman–Crippen MR) is 147 cm³/mol. The molecule has 6 aromatic rings. The second-order valence-corrected chi connectivity index (χ2v) is 9.61. The van der Waals surface area contributed by atoms with Gasteiger partial charge in [0, 0.05) is 11.1 Å². The van der Waals surface area contributed by atoms with E-state index in [1.54, 1.807) is 36.4 Å². The van der Waals surface area contributed by atoms with Crippen molar-refractivity contribution in [2.24, 2.45) is 0 Å². The first-order chi connectivity index (χ1) is 20.4. The average molecular weight is 563 g/mol. The molecule has 0 fully saturated rings. The molecule has 7 rings (SSSR count). The average Bonchev–Trinajstić information content (AvgIpc) is 3.00. The summed E-state index contributed by atoms with van der Waals surface area (Å²) < 4.78 is 63.2. The van der Waals surface area contributed by atoms with Gasteiger partial charge in [0.25, 0.3) is 0 Å². The van der Waals surface area contributed by atoms with Crippen molar-refractivity contribution in [3.8, 4) is 34.0 Å². The zero-order chi connectivity index (χ0) is 28.8. The van der Waals surface area contributed by atoms with Crippen LogP contribution in [0.15, 0.2) is 109 Å². The summed E-state index contributed by atoms with van der Waals surface area (Å²) in [7, 11) is 0. The van der Waals surface area contributed by atoms with Crippen molar-refractivity contribution in [3.63, 3.8) is 0 Å². The van der Waals surface area contributed by atoms with Gasteiger partial charge in [0.05, 0.1) is 33.9 Å². The van der Waals surface area contributed by atoms with Crippen molar-refractivity contribution in [1.29, 1.82) is 0 Å². The Kier molecular flexibility index (Phi) is 6.00. The fourth-order valence-corrected chi connectivity index (χ4v) is 5.47. The normalized spacial score (nSPS) is 13.1. The molecule has 0 saturated heterocycles. The van der Waals surface area contributed by atoms with Crippen molar-refractivity contribution < 1.29 is 22.3 Å². The number of halogens is 4. The molecule has 0 spiro atoms. The first kappa shape index (κ1) is 25.5. The molecule has 2 aromatic carbocycles. The number of aromatic nitrogens is 4. The lowest BCUT2D eigenvalue weighted by molar-refractivity contribution is 0.430. The fourth-order valence-electron chi connectivity index (χ4n) is 5.47. The van der Waals surface area contributed by atoms with Gasteiger partial charge < -0.3 is 4.74 Å². The summed E-state index contributed by atoms with van der Waals surface area (Å²) in [6, 6.07) is 29.7. The maximum absolute atomic E-state index is 14.8. The minimum atomic E-state index is -1.23. The first-order valence-corrected chi connectivity index (χ1v) is 12.9. The number of rotatable bonds is 4. The van der Waals surface area contributed by atoms with Crippen molar-refractivity contribution in [2.45, 2.75) is 5.41 Å². The topological polar surface area (TPSA) is 60.8 Å². The van der Waals surface area contributed by atoms with E-state index >= 15 is 0 Å². The second kappa shape index (κ2) is 9.88. The van der Waals surface area contributed by atoms with Crippen molar-refractivity contribution in [3.05, 3.63) is 156 Å². The molecule has 1 aliphatic heterocycles. The third-order valence-corrected chi connectivity index (χ3v) is 7.25. The van der Waals surface area contributed by atoms with Crippen molar-refractivity contribution in [2.75, 3.05) is 0 Å². The Morgan fingerprint density at radius 1 is 0.452 bits per heavy atom. The molecule has 5 nitrogen and oxygen atoms in total. The van der Waals surface area contributed by atoms with E-state index in [1.807, 2.05) is 48.5 Å². The lowest BCUT2D eigenvalue weighted by atomic mass is 9.67. The van der Waals surface area contributed by atoms with E-state index in [1.165, 1.54) is 12.1 Å². The van der Waals surface area contributed by atoms with Gasteiger partial charge in [-0.2, -0.15) is 27.5 Å². The van der Waals surface area contributed by atoms with Crippen LogP contribution in [0.1, 0.15) is 22.5 Å². The van der Waals surface area contributed by atoms with E-state index < -0.39 is 29.2 Å². The molecule has 0 N–H and O–H groups in total. The number of para-hydroxylation sites is 2. The van der Waals surface area contributed by atoms with Gasteiger partial charge in [-0.3, -0.25) is 9.97 Å². The molecule has 0 atom stereocenters. The molecule has 0 unspecified atom stereocenters. The number of fused-ring (bicyclic) bond motifs is 2. The van der Waals surface area contributed by atoms with Gasteiger partial charge in [0.15, 0.2) is 0 Å². The Balaban J connectivity index is 1.56. The Hall–Kier alpha value is -5.44. The lowest BCUT2D eigenvalue weighted by Crippen LogP contribution is -2.36. The Morgan fingerprint density at radius 3 is 1.36 bits per heavy atom. The molecule has 0 bridgehead atoms. The predicted octanol–water partition coefficient (Wildman–Crippen LogP) is 7.65. The van der Waals surface area contributed by atoms with Crippen LogP contribution in [0.5, 0.6) is 11.5 Å². The van der Waals surface area contributed by atoms with Crippen LogP contribution in [0.2, 0.25) is 0 Å². The highest BCUT2D eigenvalue weighted by Gasteiger charge is 2.47. The standard InChI is InChI=1S/C33H18F4N4O/c34-29-17-15-19(31(36)40-29)23-9-5-13-27(38-23)33(21-7-1-3-11-25(21)42-26-12-4-2-8-22(26)33)28-14-6-10-24(39-28)20-16-18-30(35)41-32(20)37/h1-18H. The third kappa shape index (κ3) is 4.01. The zero-order valence-corrected chi connectivity index (χ0v) is 21.6. The summed E-state index contributed by atoms with van der Waals surface area (Å²) in [5.74, 6) is -2.80. The van der Waals surface area contributed by atoms with E-state index in [2.05, 4.69) is 9.97 Å². The van der Waals surface area contributed by atoms with Crippen LogP contribution in [0.25, 0.3) is 22.5 Å². The van der Waals surface area contributed by atoms with Crippen LogP contribution in [0.3, 0.4) is 0 Å². The first-order valence-electron chi connectivity index (χ1n) is 12.9.